The molecule has 3 aliphatic rings. The Morgan fingerprint density at radius 2 is 1.55 bits per heavy atom. The van der Waals surface area contributed by atoms with Gasteiger partial charge in [0.15, 0.2) is 0 Å². The summed E-state index contributed by atoms with van der Waals surface area (Å²) in [7, 11) is 0. The average Bonchev–Trinajstić information content (AvgIpc) is 2.70. The largest absolute Gasteiger partial charge is 0.390 e. The van der Waals surface area contributed by atoms with Crippen LogP contribution < -0.4 is 0 Å². The van der Waals surface area contributed by atoms with E-state index >= 15 is 0 Å². The summed E-state index contributed by atoms with van der Waals surface area (Å²) in [4.78, 5) is 0. The maximum atomic E-state index is 11.1. The Hall–Kier alpha value is -0.0800. The molecule has 2 nitrogen and oxygen atoms in total. The fourth-order valence-electron chi connectivity index (χ4n) is 6.80. The quantitative estimate of drug-likeness (QED) is 0.754. The predicted octanol–water partition coefficient (Wildman–Crippen LogP) is 4.39. The van der Waals surface area contributed by atoms with E-state index in [2.05, 4.69) is 27.7 Å². The summed E-state index contributed by atoms with van der Waals surface area (Å²) >= 11 is 0. The van der Waals surface area contributed by atoms with Crippen LogP contribution >= 0.6 is 0 Å². The molecule has 0 radical (unpaired) electrons. The van der Waals surface area contributed by atoms with Gasteiger partial charge in [-0.05, 0) is 93.8 Å². The maximum Gasteiger partial charge on any atom is 0.0650 e. The molecular formula is C20H36O2. The van der Waals surface area contributed by atoms with Crippen LogP contribution in [0.5, 0.6) is 0 Å². The summed E-state index contributed by atoms with van der Waals surface area (Å²) in [6.07, 6.45) is 7.46. The van der Waals surface area contributed by atoms with Gasteiger partial charge in [0.25, 0.3) is 0 Å². The molecule has 0 heterocycles. The zero-order valence-corrected chi connectivity index (χ0v) is 15.2. The number of rotatable bonds is 1. The third-order valence-electron chi connectivity index (χ3n) is 7.96. The van der Waals surface area contributed by atoms with E-state index < -0.39 is 11.2 Å². The van der Waals surface area contributed by atoms with Crippen molar-refractivity contribution in [3.05, 3.63) is 0 Å². The van der Waals surface area contributed by atoms with Gasteiger partial charge in [0.2, 0.25) is 0 Å². The Morgan fingerprint density at radius 1 is 0.864 bits per heavy atom. The first kappa shape index (κ1) is 16.8. The van der Waals surface area contributed by atoms with Gasteiger partial charge in [-0.15, -0.1) is 0 Å². The van der Waals surface area contributed by atoms with Crippen LogP contribution in [0, 0.1) is 35.0 Å². The highest BCUT2D eigenvalue weighted by molar-refractivity contribution is 5.08. The molecule has 0 aromatic rings. The van der Waals surface area contributed by atoms with E-state index in [1.807, 2.05) is 6.92 Å². The normalized spacial score (nSPS) is 55.6. The van der Waals surface area contributed by atoms with E-state index in [1.54, 1.807) is 0 Å². The molecule has 2 N–H and O–H groups in total. The van der Waals surface area contributed by atoms with Gasteiger partial charge in [-0.2, -0.15) is 0 Å². The molecule has 0 bridgehead atoms. The molecule has 0 aromatic carbocycles. The summed E-state index contributed by atoms with van der Waals surface area (Å²) in [6.45, 7) is 11.3. The smallest absolute Gasteiger partial charge is 0.0650 e. The van der Waals surface area contributed by atoms with E-state index in [4.69, 9.17) is 0 Å². The second kappa shape index (κ2) is 5.21. The highest BCUT2D eigenvalue weighted by atomic mass is 16.3. The number of hydrogen-bond donors (Lipinski definition) is 2. The van der Waals surface area contributed by atoms with Gasteiger partial charge in [0.1, 0.15) is 0 Å². The SMILES string of the molecule is CC(C)C1CCC2C3CC(C)(O)CCC3C(C)(O)CCC12C. The molecule has 3 aliphatic carbocycles. The van der Waals surface area contributed by atoms with Crippen molar-refractivity contribution in [3.63, 3.8) is 0 Å². The van der Waals surface area contributed by atoms with Gasteiger partial charge >= 0.3 is 0 Å². The molecule has 0 saturated heterocycles. The maximum absolute atomic E-state index is 11.1. The molecule has 0 amide bonds. The average molecular weight is 309 g/mol. The van der Waals surface area contributed by atoms with Crippen LogP contribution in [-0.2, 0) is 0 Å². The van der Waals surface area contributed by atoms with Crippen LogP contribution in [0.3, 0.4) is 0 Å². The van der Waals surface area contributed by atoms with E-state index in [9.17, 15) is 10.2 Å². The highest BCUT2D eigenvalue weighted by Crippen LogP contribution is 2.63. The Labute approximate surface area is 136 Å². The van der Waals surface area contributed by atoms with Crippen molar-refractivity contribution >= 4 is 0 Å². The van der Waals surface area contributed by atoms with E-state index in [0.717, 1.165) is 43.9 Å². The van der Waals surface area contributed by atoms with Crippen molar-refractivity contribution in [2.75, 3.05) is 0 Å². The monoisotopic (exact) mass is 308 g/mol. The Kier molecular flexibility index (Phi) is 3.97. The number of fused-ring (bicyclic) bond motifs is 3. The topological polar surface area (TPSA) is 40.5 Å². The molecule has 3 rings (SSSR count). The fourth-order valence-corrected chi connectivity index (χ4v) is 6.80. The molecule has 3 saturated carbocycles. The van der Waals surface area contributed by atoms with Crippen molar-refractivity contribution in [2.24, 2.45) is 35.0 Å². The van der Waals surface area contributed by atoms with Crippen LogP contribution in [0.2, 0.25) is 0 Å². The standard InChI is InChI=1S/C20H36O2/c1-13(2)15-6-7-16-14-12-18(3,21)9-8-17(14)20(5,22)11-10-19(15,16)4/h13-17,21-22H,6-12H2,1-5H3. The first-order chi connectivity index (χ1) is 10.1. The second-order valence-electron chi connectivity index (χ2n) is 9.91. The van der Waals surface area contributed by atoms with Crippen molar-refractivity contribution < 1.29 is 10.2 Å². The van der Waals surface area contributed by atoms with Gasteiger partial charge in [-0.1, -0.05) is 20.8 Å². The number of aliphatic hydroxyl groups is 2. The minimum atomic E-state index is -0.546. The van der Waals surface area contributed by atoms with Gasteiger partial charge in [-0.25, -0.2) is 0 Å². The van der Waals surface area contributed by atoms with Gasteiger partial charge in [0.05, 0.1) is 11.2 Å². The molecule has 22 heavy (non-hydrogen) atoms. The van der Waals surface area contributed by atoms with Crippen LogP contribution in [-0.4, -0.2) is 21.4 Å². The zero-order chi connectivity index (χ0) is 16.3. The summed E-state index contributed by atoms with van der Waals surface area (Å²) in [6, 6.07) is 0. The lowest BCUT2D eigenvalue weighted by Crippen LogP contribution is -2.48. The van der Waals surface area contributed by atoms with Crippen molar-refractivity contribution in [2.45, 2.75) is 90.8 Å². The Morgan fingerprint density at radius 3 is 2.18 bits per heavy atom. The van der Waals surface area contributed by atoms with Gasteiger partial charge in [-0.3, -0.25) is 0 Å². The molecule has 0 aliphatic heterocycles. The zero-order valence-electron chi connectivity index (χ0n) is 15.2. The van der Waals surface area contributed by atoms with Crippen molar-refractivity contribution in [1.29, 1.82) is 0 Å². The molecule has 2 heteroatoms. The summed E-state index contributed by atoms with van der Waals surface area (Å²) < 4.78 is 0. The van der Waals surface area contributed by atoms with Crippen molar-refractivity contribution in [3.8, 4) is 0 Å². The fraction of sp³-hybridized carbons (Fsp3) is 1.00. The Bertz CT molecular complexity index is 425. The number of hydrogen-bond acceptors (Lipinski definition) is 2. The van der Waals surface area contributed by atoms with E-state index in [-0.39, 0.29) is 0 Å². The lowest BCUT2D eigenvalue weighted by Gasteiger charge is -2.48. The first-order valence-corrected chi connectivity index (χ1v) is 9.52. The molecular weight excluding hydrogens is 272 g/mol. The van der Waals surface area contributed by atoms with Gasteiger partial charge in [0, 0.05) is 0 Å². The summed E-state index contributed by atoms with van der Waals surface area (Å²) in [5, 5.41) is 21.8. The molecule has 7 atom stereocenters. The molecule has 128 valence electrons. The summed E-state index contributed by atoms with van der Waals surface area (Å²) in [5.74, 6) is 3.06. The van der Waals surface area contributed by atoms with Crippen LogP contribution in [0.1, 0.15) is 79.6 Å². The lowest BCUT2D eigenvalue weighted by molar-refractivity contribution is -0.102. The second-order valence-corrected chi connectivity index (χ2v) is 9.91. The third kappa shape index (κ3) is 2.55. The van der Waals surface area contributed by atoms with Gasteiger partial charge < -0.3 is 10.2 Å². The molecule has 0 spiro atoms. The summed E-state index contributed by atoms with van der Waals surface area (Å²) in [5.41, 5.74) is -0.723. The molecule has 7 unspecified atom stereocenters. The van der Waals surface area contributed by atoms with Crippen molar-refractivity contribution in [1.82, 2.24) is 0 Å². The highest BCUT2D eigenvalue weighted by Gasteiger charge is 2.58. The first-order valence-electron chi connectivity index (χ1n) is 9.52. The predicted molar refractivity (Wildman–Crippen MR) is 90.5 cm³/mol. The minimum absolute atomic E-state index is 0.352. The molecule has 0 aromatic heterocycles. The van der Waals surface area contributed by atoms with Crippen LogP contribution in [0.25, 0.3) is 0 Å². The van der Waals surface area contributed by atoms with Crippen LogP contribution in [0.4, 0.5) is 0 Å². The third-order valence-corrected chi connectivity index (χ3v) is 7.96. The van der Waals surface area contributed by atoms with E-state index in [1.165, 1.54) is 12.8 Å². The van der Waals surface area contributed by atoms with Crippen LogP contribution in [0.15, 0.2) is 0 Å². The Balaban J connectivity index is 1.98. The van der Waals surface area contributed by atoms with E-state index in [0.29, 0.717) is 23.2 Å². The molecule has 3 fully saturated rings. The lowest BCUT2D eigenvalue weighted by atomic mass is 9.59. The minimum Gasteiger partial charge on any atom is -0.390 e.